The van der Waals surface area contributed by atoms with Gasteiger partial charge in [-0.05, 0) is 43.3 Å². The van der Waals surface area contributed by atoms with Crippen molar-refractivity contribution in [3.05, 3.63) is 103 Å². The first kappa shape index (κ1) is 20.9. The minimum absolute atomic E-state index is 0.0146. The van der Waals surface area contributed by atoms with E-state index in [2.05, 4.69) is 95.4 Å². The molecule has 0 unspecified atom stereocenters. The smallest absolute Gasteiger partial charge is 0.256 e. The zero-order chi connectivity index (χ0) is 20.7. The van der Waals surface area contributed by atoms with Gasteiger partial charge in [-0.2, -0.15) is 4.40 Å². The Kier molecular flexibility index (Phi) is 6.90. The number of nitrogens with zero attached hydrogens (tertiary/aromatic N) is 1. The van der Waals surface area contributed by atoms with Crippen LogP contribution >= 0.6 is 0 Å². The van der Waals surface area contributed by atoms with Crippen molar-refractivity contribution in [1.82, 2.24) is 0 Å². The molecular weight excluding hydrogens is 402 g/mol. The maximum absolute atomic E-state index is 10.6. The van der Waals surface area contributed by atoms with Gasteiger partial charge in [-0.25, -0.2) is 8.42 Å². The van der Waals surface area contributed by atoms with Crippen LogP contribution < -0.4 is 5.11 Å². The molecule has 4 nitrogen and oxygen atoms in total. The van der Waals surface area contributed by atoms with Crippen LogP contribution in [0.3, 0.4) is 0 Å². The summed E-state index contributed by atoms with van der Waals surface area (Å²) in [6.45, 7) is 1.59. The van der Waals surface area contributed by atoms with E-state index in [9.17, 15) is 13.5 Å². The summed E-state index contributed by atoms with van der Waals surface area (Å²) in [6, 6.07) is 32.2. The molecule has 0 spiro atoms. The Morgan fingerprint density at radius 2 is 1.14 bits per heavy atom. The lowest BCUT2D eigenvalue weighted by atomic mass is 10.3. The molecule has 29 heavy (non-hydrogen) atoms. The van der Waals surface area contributed by atoms with E-state index < -0.39 is 15.9 Å². The highest BCUT2D eigenvalue weighted by atomic mass is 32.2. The van der Waals surface area contributed by atoms with Crippen molar-refractivity contribution in [3.8, 4) is 0 Å². The van der Waals surface area contributed by atoms with Crippen molar-refractivity contribution in [2.45, 2.75) is 21.6 Å². The van der Waals surface area contributed by atoms with Gasteiger partial charge in [0, 0.05) is 5.90 Å². The third-order valence-corrected chi connectivity index (χ3v) is 7.45. The second-order valence-corrected chi connectivity index (χ2v) is 10.1. The van der Waals surface area contributed by atoms with Crippen LogP contribution in [0.15, 0.2) is 122 Å². The van der Waals surface area contributed by atoms with Crippen LogP contribution in [0, 0.1) is 0 Å². The van der Waals surface area contributed by atoms with E-state index in [0.29, 0.717) is 5.57 Å². The fourth-order valence-electron chi connectivity index (χ4n) is 2.81. The minimum Gasteiger partial charge on any atom is -0.858 e. The molecule has 0 fully saturated rings. The normalized spacial score (nSPS) is 15.0. The molecule has 4 rings (SSSR count). The summed E-state index contributed by atoms with van der Waals surface area (Å²) in [5, 5.41) is 10.5. The van der Waals surface area contributed by atoms with Crippen LogP contribution in [-0.4, -0.2) is 20.1 Å². The second kappa shape index (κ2) is 9.58. The Morgan fingerprint density at radius 1 is 0.759 bits per heavy atom. The zero-order valence-electron chi connectivity index (χ0n) is 15.9. The quantitative estimate of drug-likeness (QED) is 0.602. The van der Waals surface area contributed by atoms with Crippen molar-refractivity contribution in [2.24, 2.45) is 4.40 Å². The van der Waals surface area contributed by atoms with Gasteiger partial charge < -0.3 is 5.11 Å². The average molecular weight is 424 g/mol. The molecule has 0 saturated heterocycles. The molecule has 0 amide bonds. The minimum atomic E-state index is -3.47. The summed E-state index contributed by atoms with van der Waals surface area (Å²) in [4.78, 5) is 4.08. The molecule has 0 atom stereocenters. The maximum atomic E-state index is 10.6. The van der Waals surface area contributed by atoms with E-state index in [1.807, 2.05) is 0 Å². The van der Waals surface area contributed by atoms with Crippen molar-refractivity contribution in [3.63, 3.8) is 0 Å². The molecule has 6 heteroatoms. The average Bonchev–Trinajstić information content (AvgIpc) is 2.69. The second-order valence-electron chi connectivity index (χ2n) is 6.39. The predicted octanol–water partition coefficient (Wildman–Crippen LogP) is 3.82. The van der Waals surface area contributed by atoms with Crippen molar-refractivity contribution in [2.75, 3.05) is 5.75 Å². The first-order valence-electron chi connectivity index (χ1n) is 9.01. The van der Waals surface area contributed by atoms with Gasteiger partial charge in [-0.15, -0.1) is 0 Å². The van der Waals surface area contributed by atoms with Gasteiger partial charge in [0.2, 0.25) is 0 Å². The highest BCUT2D eigenvalue weighted by Crippen LogP contribution is 2.30. The fourth-order valence-corrected chi connectivity index (χ4v) is 5.97. The van der Waals surface area contributed by atoms with Crippen LogP contribution in [0.2, 0.25) is 0 Å². The molecule has 1 heterocycles. The Bertz CT molecular complexity index is 1000. The molecular formula is C23H21NO3S2. The van der Waals surface area contributed by atoms with Gasteiger partial charge in [0.05, 0.1) is 16.6 Å². The van der Waals surface area contributed by atoms with Gasteiger partial charge in [0.25, 0.3) is 10.0 Å². The lowest BCUT2D eigenvalue weighted by Crippen LogP contribution is -2.22. The van der Waals surface area contributed by atoms with Gasteiger partial charge in [-0.1, -0.05) is 66.2 Å². The number of hydrogen-bond donors (Lipinski definition) is 0. The maximum Gasteiger partial charge on any atom is 0.256 e. The van der Waals surface area contributed by atoms with Gasteiger partial charge in [0.15, 0.2) is 14.7 Å². The van der Waals surface area contributed by atoms with Gasteiger partial charge in [-0.3, -0.25) is 0 Å². The SMILES string of the molecule is CC1=CC([O-])=NS(=O)(=O)C1.c1ccc([S+](c2ccccc2)c2ccccc2)cc1. The summed E-state index contributed by atoms with van der Waals surface area (Å²) < 4.78 is 24.2. The summed E-state index contributed by atoms with van der Waals surface area (Å²) in [5.41, 5.74) is 0.542. The van der Waals surface area contributed by atoms with Gasteiger partial charge >= 0.3 is 0 Å². The summed E-state index contributed by atoms with van der Waals surface area (Å²) >= 11 is 0. The predicted molar refractivity (Wildman–Crippen MR) is 116 cm³/mol. The first-order valence-corrected chi connectivity index (χ1v) is 11.8. The molecule has 0 radical (unpaired) electrons. The van der Waals surface area contributed by atoms with Crippen LogP contribution in [0.4, 0.5) is 0 Å². The lowest BCUT2D eigenvalue weighted by Gasteiger charge is -2.12. The van der Waals surface area contributed by atoms with E-state index in [-0.39, 0.29) is 16.6 Å². The van der Waals surface area contributed by atoms with E-state index in [1.165, 1.54) is 20.8 Å². The highest BCUT2D eigenvalue weighted by Gasteiger charge is 2.27. The molecule has 3 aromatic rings. The largest absolute Gasteiger partial charge is 0.858 e. The standard InChI is InChI=1S/C18H15S.C5H7NO3S/c1-4-10-16(11-5-1)19(17-12-6-2-7-13-17)18-14-8-3-9-15-18;1-4-2-5(7)6-10(8,9)3-4/h1-15H;2H,3H2,1H3,(H,6,7)/q+1;/p-1. The summed E-state index contributed by atoms with van der Waals surface area (Å²) in [5.74, 6) is -0.803. The first-order chi connectivity index (χ1) is 13.9. The van der Waals surface area contributed by atoms with E-state index in [1.54, 1.807) is 6.92 Å². The molecule has 1 aliphatic rings. The summed E-state index contributed by atoms with van der Waals surface area (Å²) in [6.07, 6.45) is 1.22. The van der Waals surface area contributed by atoms with E-state index in [0.717, 1.165) is 0 Å². The summed E-state index contributed by atoms with van der Waals surface area (Å²) in [7, 11) is -3.49. The molecule has 0 bridgehead atoms. The molecule has 148 valence electrons. The number of rotatable bonds is 3. The Labute approximate surface area is 174 Å². The van der Waals surface area contributed by atoms with E-state index >= 15 is 0 Å². The van der Waals surface area contributed by atoms with Crippen molar-refractivity contribution < 1.29 is 13.5 Å². The Balaban J connectivity index is 0.000000204. The highest BCUT2D eigenvalue weighted by molar-refractivity contribution is 7.97. The molecule has 0 aromatic heterocycles. The topological polar surface area (TPSA) is 69.6 Å². The Hall–Kier alpha value is -2.83. The van der Waals surface area contributed by atoms with Gasteiger partial charge in [0.1, 0.15) is 0 Å². The molecule has 0 N–H and O–H groups in total. The third kappa shape index (κ3) is 6.07. The fraction of sp³-hybridized carbons (Fsp3) is 0.0870. The van der Waals surface area contributed by atoms with Crippen LogP contribution in [0.1, 0.15) is 6.92 Å². The lowest BCUT2D eigenvalue weighted by molar-refractivity contribution is -0.211. The monoisotopic (exact) mass is 423 g/mol. The third-order valence-electron chi connectivity index (χ3n) is 3.95. The zero-order valence-corrected chi connectivity index (χ0v) is 17.6. The Morgan fingerprint density at radius 3 is 1.45 bits per heavy atom. The molecule has 3 aromatic carbocycles. The molecule has 1 aliphatic heterocycles. The van der Waals surface area contributed by atoms with E-state index in [4.69, 9.17) is 0 Å². The van der Waals surface area contributed by atoms with Crippen LogP contribution in [-0.2, 0) is 20.9 Å². The van der Waals surface area contributed by atoms with Crippen LogP contribution in [0.5, 0.6) is 0 Å². The van der Waals surface area contributed by atoms with Crippen LogP contribution in [0.25, 0.3) is 0 Å². The number of hydrogen-bond acceptors (Lipinski definition) is 3. The van der Waals surface area contributed by atoms with Crippen molar-refractivity contribution in [1.29, 1.82) is 0 Å². The molecule has 0 saturated carbocycles. The number of benzene rings is 3. The molecule has 0 aliphatic carbocycles. The van der Waals surface area contributed by atoms with Crippen molar-refractivity contribution >= 4 is 26.8 Å². The number of sulfonamides is 1.